The number of nitrogens with one attached hydrogen (secondary N) is 2. The second-order valence-electron chi connectivity index (χ2n) is 10.9. The first-order valence-electron chi connectivity index (χ1n) is 13.9. The fourth-order valence-electron chi connectivity index (χ4n) is 4.35. The van der Waals surface area contributed by atoms with Crippen molar-refractivity contribution >= 4 is 23.3 Å². The van der Waals surface area contributed by atoms with E-state index < -0.39 is 12.0 Å². The van der Waals surface area contributed by atoms with E-state index in [1.165, 1.54) is 0 Å². The topological polar surface area (TPSA) is 118 Å². The molecule has 2 amide bonds. The number of ether oxygens (including phenoxy) is 1. The molecule has 2 aliphatic rings. The Morgan fingerprint density at radius 2 is 2.00 bits per heavy atom. The summed E-state index contributed by atoms with van der Waals surface area (Å²) in [6, 6.07) is 6.80. The van der Waals surface area contributed by atoms with Crippen LogP contribution in [0.25, 0.3) is 0 Å². The molecule has 2 atom stereocenters. The lowest BCUT2D eigenvalue weighted by Crippen LogP contribution is -2.43. The molecule has 2 aliphatic carbocycles. The molecule has 0 aromatic carbocycles. The number of alkyl halides is 2. The van der Waals surface area contributed by atoms with Gasteiger partial charge in [0.25, 0.3) is 11.8 Å². The molecule has 41 heavy (non-hydrogen) atoms. The van der Waals surface area contributed by atoms with Gasteiger partial charge in [0.05, 0.1) is 17.8 Å². The highest BCUT2D eigenvalue weighted by atomic mass is 19.3. The standard InChI is InChI=1S/C30H36F2N6O3/c1-18(6-5-7-25(29(40)33-4)35-26-12-19(26)2)8-9-21-10-11-27(38-37-21)36-28(39)15-22-14-23(13-20(3)34-22)41-24-16-30(31,32)17-24/h5,10-11,13-14,18-19,24H,6,8-9,12,15-17H2,1-4H3,(H,33,40)(H,36,38,39). The summed E-state index contributed by atoms with van der Waals surface area (Å²) in [6.45, 7) is 5.95. The molecule has 2 aromatic rings. The lowest BCUT2D eigenvalue weighted by molar-refractivity contribution is -0.134. The van der Waals surface area contributed by atoms with E-state index in [2.05, 4.69) is 50.4 Å². The van der Waals surface area contributed by atoms with Crippen LogP contribution in [0, 0.1) is 18.8 Å². The maximum Gasteiger partial charge on any atom is 0.277 e. The molecule has 218 valence electrons. The zero-order valence-corrected chi connectivity index (χ0v) is 23.8. The first-order valence-corrected chi connectivity index (χ1v) is 13.9. The Morgan fingerprint density at radius 1 is 1.24 bits per heavy atom. The predicted octanol–water partition coefficient (Wildman–Crippen LogP) is 4.76. The second kappa shape index (κ2) is 13.1. The van der Waals surface area contributed by atoms with Gasteiger partial charge in [-0.05, 0) is 62.7 Å². The van der Waals surface area contributed by atoms with Crippen molar-refractivity contribution in [1.82, 2.24) is 20.5 Å². The van der Waals surface area contributed by atoms with Gasteiger partial charge < -0.3 is 15.4 Å². The van der Waals surface area contributed by atoms with Crippen LogP contribution in [0.2, 0.25) is 0 Å². The van der Waals surface area contributed by atoms with Gasteiger partial charge in [-0.15, -0.1) is 5.10 Å². The molecule has 2 N–H and O–H groups in total. The van der Waals surface area contributed by atoms with Crippen LogP contribution in [-0.2, 0) is 22.4 Å². The number of hydrogen-bond donors (Lipinski definition) is 2. The van der Waals surface area contributed by atoms with Crippen molar-refractivity contribution in [1.29, 1.82) is 0 Å². The van der Waals surface area contributed by atoms with E-state index in [1.54, 1.807) is 32.2 Å². The molecule has 2 saturated carbocycles. The van der Waals surface area contributed by atoms with Crippen LogP contribution in [-0.4, -0.2) is 51.8 Å². The Kier molecular flexibility index (Phi) is 9.60. The first kappa shape index (κ1) is 30.0. The van der Waals surface area contributed by atoms with E-state index in [9.17, 15) is 18.4 Å². The molecule has 2 heterocycles. The number of hydrogen-bond acceptors (Lipinski definition) is 7. The highest BCUT2D eigenvalue weighted by Crippen LogP contribution is 2.39. The molecule has 0 spiro atoms. The average molecular weight is 567 g/mol. The lowest BCUT2D eigenvalue weighted by Gasteiger charge is -2.34. The number of nitrogens with zero attached hydrogens (tertiary/aromatic N) is 4. The van der Waals surface area contributed by atoms with Crippen molar-refractivity contribution in [2.75, 3.05) is 12.4 Å². The Balaban J connectivity index is 1.23. The van der Waals surface area contributed by atoms with Crippen molar-refractivity contribution < 1.29 is 23.1 Å². The van der Waals surface area contributed by atoms with E-state index in [0.717, 1.165) is 30.7 Å². The highest BCUT2D eigenvalue weighted by Gasteiger charge is 2.47. The fraction of sp³-hybridized carbons (Fsp3) is 0.500. The van der Waals surface area contributed by atoms with Gasteiger partial charge in [-0.1, -0.05) is 19.6 Å². The molecule has 4 rings (SSSR count). The molecule has 0 bridgehead atoms. The minimum Gasteiger partial charge on any atom is -0.490 e. The number of pyridine rings is 1. The summed E-state index contributed by atoms with van der Waals surface area (Å²) in [5, 5.41) is 13.7. The van der Waals surface area contributed by atoms with Crippen LogP contribution >= 0.6 is 0 Å². The molecule has 11 heteroatoms. The molecule has 0 saturated heterocycles. The molecule has 2 unspecified atom stereocenters. The summed E-state index contributed by atoms with van der Waals surface area (Å²) in [6.07, 6.45) is 3.95. The number of anilines is 1. The maximum absolute atomic E-state index is 13.1. The normalized spacial score (nSPS) is 19.0. The van der Waals surface area contributed by atoms with E-state index in [0.29, 0.717) is 46.9 Å². The molecule has 2 aromatic heterocycles. The maximum atomic E-state index is 13.1. The zero-order valence-electron chi connectivity index (χ0n) is 23.8. The second-order valence-corrected chi connectivity index (χ2v) is 10.9. The lowest BCUT2D eigenvalue weighted by atomic mass is 9.91. The SMILES string of the molecule is CNC(=O)C(=C=CCC(C)CCc1ccc(NC(=O)Cc2cc(OC3CC(F)(F)C3)cc(C)n2)nn1)N=C1CC1C. The van der Waals surface area contributed by atoms with Crippen molar-refractivity contribution in [2.24, 2.45) is 16.8 Å². The number of carbonyl (C=O) groups excluding carboxylic acids is 2. The third-order valence-electron chi connectivity index (χ3n) is 6.94. The summed E-state index contributed by atoms with van der Waals surface area (Å²) in [5.74, 6) is -1.70. The van der Waals surface area contributed by atoms with Crippen molar-refractivity contribution in [3.8, 4) is 5.75 Å². The van der Waals surface area contributed by atoms with Crippen LogP contribution in [0.15, 0.2) is 46.8 Å². The monoisotopic (exact) mass is 566 g/mol. The van der Waals surface area contributed by atoms with Gasteiger partial charge in [-0.25, -0.2) is 13.8 Å². The molecular formula is C30H36F2N6O3. The molecule has 0 radical (unpaired) electrons. The van der Waals surface area contributed by atoms with E-state index in [1.807, 2.05) is 12.1 Å². The van der Waals surface area contributed by atoms with Gasteiger partial charge in [0.1, 0.15) is 11.9 Å². The van der Waals surface area contributed by atoms with E-state index >= 15 is 0 Å². The van der Waals surface area contributed by atoms with Gasteiger partial charge in [0, 0.05) is 43.4 Å². The van der Waals surface area contributed by atoms with E-state index in [-0.39, 0.29) is 31.1 Å². The fourth-order valence-corrected chi connectivity index (χ4v) is 4.35. The van der Waals surface area contributed by atoms with E-state index in [4.69, 9.17) is 4.74 Å². The van der Waals surface area contributed by atoms with Gasteiger partial charge in [-0.2, -0.15) is 5.10 Å². The van der Waals surface area contributed by atoms with Gasteiger partial charge >= 0.3 is 0 Å². The minimum absolute atomic E-state index is 0.0188. The molecule has 9 nitrogen and oxygen atoms in total. The number of aryl methyl sites for hydroxylation is 2. The summed E-state index contributed by atoms with van der Waals surface area (Å²) in [5.41, 5.74) is 6.30. The summed E-state index contributed by atoms with van der Waals surface area (Å²) in [4.78, 5) is 33.4. The summed E-state index contributed by atoms with van der Waals surface area (Å²) >= 11 is 0. The number of rotatable bonds is 12. The third-order valence-corrected chi connectivity index (χ3v) is 6.94. The van der Waals surface area contributed by atoms with Crippen LogP contribution in [0.3, 0.4) is 0 Å². The molecule has 0 aliphatic heterocycles. The van der Waals surface area contributed by atoms with Crippen molar-refractivity contribution in [3.05, 3.63) is 58.9 Å². The number of halogens is 2. The number of aliphatic imine (C=N–C) groups is 1. The average Bonchev–Trinajstić information content (AvgIpc) is 3.59. The Bertz CT molecular complexity index is 1360. The predicted molar refractivity (Wildman–Crippen MR) is 151 cm³/mol. The Hall–Kier alpha value is -3.98. The quantitative estimate of drug-likeness (QED) is 0.283. The number of amides is 2. The van der Waals surface area contributed by atoms with Crippen LogP contribution in [0.1, 0.15) is 63.0 Å². The Morgan fingerprint density at radius 3 is 2.63 bits per heavy atom. The van der Waals surface area contributed by atoms with Crippen LogP contribution in [0.4, 0.5) is 14.6 Å². The van der Waals surface area contributed by atoms with Gasteiger partial charge in [-0.3, -0.25) is 14.6 Å². The molecule has 2 fully saturated rings. The molecular weight excluding hydrogens is 530 g/mol. The number of aromatic nitrogens is 3. The summed E-state index contributed by atoms with van der Waals surface area (Å²) < 4.78 is 31.8. The highest BCUT2D eigenvalue weighted by molar-refractivity contribution is 6.04. The van der Waals surface area contributed by atoms with Crippen molar-refractivity contribution in [3.63, 3.8) is 0 Å². The van der Waals surface area contributed by atoms with Crippen LogP contribution in [0.5, 0.6) is 5.75 Å². The number of carbonyl (C=O) groups is 2. The van der Waals surface area contributed by atoms with Gasteiger partial charge in [0.2, 0.25) is 5.91 Å². The third kappa shape index (κ3) is 9.28. The summed E-state index contributed by atoms with van der Waals surface area (Å²) in [7, 11) is 1.58. The largest absolute Gasteiger partial charge is 0.490 e. The zero-order chi connectivity index (χ0) is 29.6. The number of likely N-dealkylation sites (N-methyl/N-ethyl adjacent to an activating group) is 1. The minimum atomic E-state index is -2.66. The van der Waals surface area contributed by atoms with Gasteiger partial charge in [0.15, 0.2) is 11.5 Å². The Labute approximate surface area is 238 Å². The van der Waals surface area contributed by atoms with Crippen molar-refractivity contribution in [2.45, 2.75) is 77.7 Å². The first-order chi connectivity index (χ1) is 19.5. The smallest absolute Gasteiger partial charge is 0.277 e. The van der Waals surface area contributed by atoms with Crippen LogP contribution < -0.4 is 15.4 Å².